The lowest BCUT2D eigenvalue weighted by molar-refractivity contribution is -0.115. The van der Waals surface area contributed by atoms with Crippen LogP contribution in [0.4, 0.5) is 10.5 Å². The molecule has 1 saturated carbocycles. The van der Waals surface area contributed by atoms with Crippen molar-refractivity contribution in [1.82, 2.24) is 15.6 Å². The van der Waals surface area contributed by atoms with E-state index in [9.17, 15) is 9.59 Å². The average molecular weight is 284 g/mol. The molecule has 0 saturated heterocycles. The number of carbonyl (C=O) groups is 2. The molecule has 0 radical (unpaired) electrons. The molecular formula is C15H16N4O2. The fraction of sp³-hybridized carbons (Fsp3) is 0.267. The fourth-order valence-electron chi connectivity index (χ4n) is 2.03. The van der Waals surface area contributed by atoms with Gasteiger partial charge < -0.3 is 16.0 Å². The lowest BCUT2D eigenvalue weighted by Crippen LogP contribution is -2.40. The topological polar surface area (TPSA) is 83.1 Å². The summed E-state index contributed by atoms with van der Waals surface area (Å²) in [6.07, 6.45) is 3.74. The Morgan fingerprint density at radius 3 is 2.86 bits per heavy atom. The Morgan fingerprint density at radius 1 is 1.19 bits per heavy atom. The zero-order chi connectivity index (χ0) is 14.7. The van der Waals surface area contributed by atoms with Crippen LogP contribution in [-0.2, 0) is 4.79 Å². The third-order valence-corrected chi connectivity index (χ3v) is 3.24. The second-order valence-electron chi connectivity index (χ2n) is 5.03. The number of amides is 3. The molecule has 3 N–H and O–H groups in total. The van der Waals surface area contributed by atoms with E-state index < -0.39 is 0 Å². The van der Waals surface area contributed by atoms with Crippen LogP contribution in [0, 0.1) is 0 Å². The smallest absolute Gasteiger partial charge is 0.315 e. The summed E-state index contributed by atoms with van der Waals surface area (Å²) in [4.78, 5) is 27.6. The number of urea groups is 1. The van der Waals surface area contributed by atoms with Crippen LogP contribution >= 0.6 is 0 Å². The minimum absolute atomic E-state index is 0.0603. The van der Waals surface area contributed by atoms with Gasteiger partial charge in [0.05, 0.1) is 17.7 Å². The van der Waals surface area contributed by atoms with Gasteiger partial charge in [-0.2, -0.15) is 0 Å². The van der Waals surface area contributed by atoms with Gasteiger partial charge in [0.2, 0.25) is 5.91 Å². The lowest BCUT2D eigenvalue weighted by Gasteiger charge is -2.09. The Bertz CT molecular complexity index is 677. The first-order chi connectivity index (χ1) is 10.2. The Morgan fingerprint density at radius 2 is 2.05 bits per heavy atom. The first kappa shape index (κ1) is 13.4. The molecule has 3 rings (SSSR count). The van der Waals surface area contributed by atoms with Gasteiger partial charge in [-0.05, 0) is 37.1 Å². The van der Waals surface area contributed by atoms with Crippen LogP contribution in [0.15, 0.2) is 36.5 Å². The number of benzene rings is 1. The van der Waals surface area contributed by atoms with E-state index in [-0.39, 0.29) is 24.5 Å². The number of rotatable bonds is 4. The number of nitrogens with zero attached hydrogens (tertiary/aromatic N) is 1. The number of hydrogen-bond donors (Lipinski definition) is 3. The summed E-state index contributed by atoms with van der Waals surface area (Å²) in [5, 5.41) is 8.97. The first-order valence-electron chi connectivity index (χ1n) is 6.90. The van der Waals surface area contributed by atoms with Crippen molar-refractivity contribution in [3.63, 3.8) is 0 Å². The molecule has 1 aromatic carbocycles. The molecule has 1 fully saturated rings. The van der Waals surface area contributed by atoms with Crippen molar-refractivity contribution in [2.75, 3.05) is 11.9 Å². The molecule has 6 heteroatoms. The summed E-state index contributed by atoms with van der Waals surface area (Å²) in [6, 6.07) is 9.21. The summed E-state index contributed by atoms with van der Waals surface area (Å²) < 4.78 is 0. The number of carbonyl (C=O) groups excluding carboxylic acids is 2. The molecule has 1 aliphatic carbocycles. The minimum atomic E-state index is -0.299. The maximum Gasteiger partial charge on any atom is 0.315 e. The maximum absolute atomic E-state index is 11.9. The molecule has 0 bridgehead atoms. The normalized spacial score (nSPS) is 13.7. The second kappa shape index (κ2) is 5.78. The van der Waals surface area contributed by atoms with Gasteiger partial charge in [0.15, 0.2) is 0 Å². The maximum atomic E-state index is 11.9. The molecular weight excluding hydrogens is 268 g/mol. The monoisotopic (exact) mass is 284 g/mol. The molecule has 3 amide bonds. The molecule has 1 heterocycles. The zero-order valence-corrected chi connectivity index (χ0v) is 11.4. The molecule has 0 atom stereocenters. The molecule has 2 aromatic rings. The quantitative estimate of drug-likeness (QED) is 0.798. The van der Waals surface area contributed by atoms with E-state index >= 15 is 0 Å². The van der Waals surface area contributed by atoms with Gasteiger partial charge in [-0.1, -0.05) is 6.07 Å². The number of aromatic nitrogens is 1. The van der Waals surface area contributed by atoms with Crippen LogP contribution < -0.4 is 16.0 Å². The van der Waals surface area contributed by atoms with Crippen molar-refractivity contribution >= 4 is 28.5 Å². The van der Waals surface area contributed by atoms with Gasteiger partial charge in [-0.25, -0.2) is 4.79 Å². The summed E-state index contributed by atoms with van der Waals surface area (Å²) in [5.41, 5.74) is 1.50. The third kappa shape index (κ3) is 3.47. The van der Waals surface area contributed by atoms with Gasteiger partial charge >= 0.3 is 6.03 Å². The highest BCUT2D eigenvalue weighted by Crippen LogP contribution is 2.21. The van der Waals surface area contributed by atoms with E-state index in [1.54, 1.807) is 6.20 Å². The fourth-order valence-corrected chi connectivity index (χ4v) is 2.03. The molecule has 0 unspecified atom stereocenters. The minimum Gasteiger partial charge on any atom is -0.335 e. The molecule has 6 nitrogen and oxygen atoms in total. The SMILES string of the molecule is O=C(CNC(=O)NC1CC1)Nc1cccc2ncccc12. The number of anilines is 1. The van der Waals surface area contributed by atoms with Crippen molar-refractivity contribution in [3.05, 3.63) is 36.5 Å². The van der Waals surface area contributed by atoms with Crippen LogP contribution in [0.2, 0.25) is 0 Å². The Labute approximate surface area is 121 Å². The molecule has 1 aliphatic rings. The highest BCUT2D eigenvalue weighted by molar-refractivity contribution is 6.02. The van der Waals surface area contributed by atoms with E-state index in [0.29, 0.717) is 5.69 Å². The van der Waals surface area contributed by atoms with Crippen LogP contribution in [0.5, 0.6) is 0 Å². The summed E-state index contributed by atoms with van der Waals surface area (Å²) in [7, 11) is 0. The Kier molecular flexibility index (Phi) is 3.68. The van der Waals surface area contributed by atoms with Crippen LogP contribution in [0.25, 0.3) is 10.9 Å². The first-order valence-corrected chi connectivity index (χ1v) is 6.90. The highest BCUT2D eigenvalue weighted by atomic mass is 16.2. The van der Waals surface area contributed by atoms with Crippen molar-refractivity contribution in [2.45, 2.75) is 18.9 Å². The van der Waals surface area contributed by atoms with Gasteiger partial charge in [0.1, 0.15) is 0 Å². The third-order valence-electron chi connectivity index (χ3n) is 3.24. The number of fused-ring (bicyclic) bond motifs is 1. The Balaban J connectivity index is 1.59. The number of pyridine rings is 1. The molecule has 21 heavy (non-hydrogen) atoms. The van der Waals surface area contributed by atoms with Crippen molar-refractivity contribution in [2.24, 2.45) is 0 Å². The standard InChI is InChI=1S/C15H16N4O2/c20-14(9-17-15(21)18-10-6-7-10)19-13-5-1-4-12-11(13)3-2-8-16-12/h1-5,8,10H,6-7,9H2,(H,19,20)(H2,17,18,21). The highest BCUT2D eigenvalue weighted by Gasteiger charge is 2.23. The van der Waals surface area contributed by atoms with Crippen molar-refractivity contribution in [1.29, 1.82) is 0 Å². The molecule has 0 aliphatic heterocycles. The lowest BCUT2D eigenvalue weighted by atomic mass is 10.2. The Hall–Kier alpha value is -2.63. The van der Waals surface area contributed by atoms with Gasteiger partial charge in [0, 0.05) is 17.6 Å². The average Bonchev–Trinajstić information content (AvgIpc) is 3.29. The van der Waals surface area contributed by atoms with E-state index in [0.717, 1.165) is 23.7 Å². The molecule has 108 valence electrons. The van der Waals surface area contributed by atoms with E-state index in [4.69, 9.17) is 0 Å². The van der Waals surface area contributed by atoms with Crippen molar-refractivity contribution in [3.8, 4) is 0 Å². The second-order valence-corrected chi connectivity index (χ2v) is 5.03. The summed E-state index contributed by atoms with van der Waals surface area (Å²) in [6.45, 7) is -0.0603. The van der Waals surface area contributed by atoms with E-state index in [2.05, 4.69) is 20.9 Å². The van der Waals surface area contributed by atoms with E-state index in [1.165, 1.54) is 0 Å². The van der Waals surface area contributed by atoms with Gasteiger partial charge in [-0.3, -0.25) is 9.78 Å². The van der Waals surface area contributed by atoms with Gasteiger partial charge in [0.25, 0.3) is 0 Å². The largest absolute Gasteiger partial charge is 0.335 e. The van der Waals surface area contributed by atoms with Crippen molar-refractivity contribution < 1.29 is 9.59 Å². The number of nitrogens with one attached hydrogen (secondary N) is 3. The number of hydrogen-bond acceptors (Lipinski definition) is 3. The van der Waals surface area contributed by atoms with E-state index in [1.807, 2.05) is 30.3 Å². The summed E-state index contributed by atoms with van der Waals surface area (Å²) >= 11 is 0. The predicted octanol–water partition coefficient (Wildman–Crippen LogP) is 1.63. The van der Waals surface area contributed by atoms with Gasteiger partial charge in [-0.15, -0.1) is 0 Å². The molecule has 0 spiro atoms. The molecule has 1 aromatic heterocycles. The van der Waals surface area contributed by atoms with Crippen LogP contribution in [0.3, 0.4) is 0 Å². The predicted molar refractivity (Wildman–Crippen MR) is 79.9 cm³/mol. The zero-order valence-electron chi connectivity index (χ0n) is 11.4. The van der Waals surface area contributed by atoms with Crippen LogP contribution in [-0.4, -0.2) is 29.5 Å². The summed E-state index contributed by atoms with van der Waals surface area (Å²) in [5.74, 6) is -0.266. The van der Waals surface area contributed by atoms with Crippen LogP contribution in [0.1, 0.15) is 12.8 Å².